The average Bonchev–Trinajstić information content (AvgIpc) is 3.01. The maximum absolute atomic E-state index is 13.0. The quantitative estimate of drug-likeness (QED) is 0.0724. The fourth-order valence-corrected chi connectivity index (χ4v) is 5.68. The highest BCUT2D eigenvalue weighted by molar-refractivity contribution is 6.03. The van der Waals surface area contributed by atoms with Gasteiger partial charge in [-0.05, 0) is 36.8 Å². The van der Waals surface area contributed by atoms with Gasteiger partial charge < -0.3 is 9.47 Å². The molecule has 4 nitrogen and oxygen atoms in total. The third-order valence-electron chi connectivity index (χ3n) is 8.85. The maximum atomic E-state index is 13.0. The molecule has 0 saturated carbocycles. The Morgan fingerprint density at radius 2 is 0.810 bits per heavy atom. The highest BCUT2D eigenvalue weighted by Crippen LogP contribution is 2.20. The number of hydrogen-bond donors (Lipinski definition) is 0. The molecule has 1 aromatic carbocycles. The van der Waals surface area contributed by atoms with Crippen LogP contribution in [0, 0.1) is 11.8 Å². The van der Waals surface area contributed by atoms with Crippen molar-refractivity contribution in [2.75, 3.05) is 13.2 Å². The van der Waals surface area contributed by atoms with Crippen molar-refractivity contribution in [2.24, 2.45) is 11.8 Å². The van der Waals surface area contributed by atoms with Gasteiger partial charge in [-0.3, -0.25) is 0 Å². The Morgan fingerprint density at radius 1 is 0.500 bits per heavy atom. The summed E-state index contributed by atoms with van der Waals surface area (Å²) >= 11 is 0. The second-order valence-electron chi connectivity index (χ2n) is 12.5. The third-order valence-corrected chi connectivity index (χ3v) is 8.85. The molecule has 0 saturated heterocycles. The van der Waals surface area contributed by atoms with E-state index in [0.717, 1.165) is 25.7 Å². The molecule has 0 heterocycles. The van der Waals surface area contributed by atoms with Gasteiger partial charge in [0.05, 0.1) is 24.3 Å². The van der Waals surface area contributed by atoms with Crippen LogP contribution in [0.15, 0.2) is 24.3 Å². The van der Waals surface area contributed by atoms with Gasteiger partial charge in [-0.15, -0.1) is 0 Å². The van der Waals surface area contributed by atoms with E-state index in [1.54, 1.807) is 24.3 Å². The first-order valence-corrected chi connectivity index (χ1v) is 18.0. The predicted molar refractivity (Wildman–Crippen MR) is 178 cm³/mol. The number of hydrogen-bond acceptors (Lipinski definition) is 4. The zero-order valence-electron chi connectivity index (χ0n) is 28.1. The smallest absolute Gasteiger partial charge is 0.339 e. The number of ether oxygens (including phenoxy) is 2. The summed E-state index contributed by atoms with van der Waals surface area (Å²) in [6.45, 7) is 9.67. The van der Waals surface area contributed by atoms with Crippen molar-refractivity contribution in [3.05, 3.63) is 35.4 Å². The van der Waals surface area contributed by atoms with Crippen LogP contribution in [0.3, 0.4) is 0 Å². The van der Waals surface area contributed by atoms with E-state index >= 15 is 0 Å². The maximum Gasteiger partial charge on any atom is 0.339 e. The minimum Gasteiger partial charge on any atom is -0.462 e. The first kappa shape index (κ1) is 38.2. The minimum absolute atomic E-state index is 0.312. The van der Waals surface area contributed by atoms with Crippen LogP contribution in [0.1, 0.15) is 190 Å². The largest absolute Gasteiger partial charge is 0.462 e. The van der Waals surface area contributed by atoms with E-state index in [9.17, 15) is 9.59 Å². The zero-order chi connectivity index (χ0) is 30.7. The lowest BCUT2D eigenvalue weighted by atomic mass is 9.98. The summed E-state index contributed by atoms with van der Waals surface area (Å²) in [6, 6.07) is 6.93. The fourth-order valence-electron chi connectivity index (χ4n) is 5.68. The SMILES string of the molecule is CCCCCCCCCCCC(CC)COC(=O)c1ccccc1C(=O)OCC(CC)CCCCCCCCCCC. The Hall–Kier alpha value is -1.84. The second kappa shape index (κ2) is 26.8. The molecule has 0 aromatic heterocycles. The number of esters is 2. The summed E-state index contributed by atoms with van der Waals surface area (Å²) in [6.07, 6.45) is 27.8. The van der Waals surface area contributed by atoms with Gasteiger partial charge >= 0.3 is 11.9 Å². The number of carbonyl (C=O) groups is 2. The van der Waals surface area contributed by atoms with Gasteiger partial charge in [-0.25, -0.2) is 9.59 Å². The van der Waals surface area contributed by atoms with Crippen LogP contribution in [0.25, 0.3) is 0 Å². The molecular weight excluding hydrogens is 520 g/mol. The molecule has 242 valence electrons. The molecule has 42 heavy (non-hydrogen) atoms. The molecule has 0 spiro atoms. The molecule has 0 radical (unpaired) electrons. The molecular formula is C38H66O4. The summed E-state index contributed by atoms with van der Waals surface area (Å²) in [7, 11) is 0. The lowest BCUT2D eigenvalue weighted by Crippen LogP contribution is -2.19. The summed E-state index contributed by atoms with van der Waals surface area (Å²) in [5.41, 5.74) is 0.625. The number of benzene rings is 1. The summed E-state index contributed by atoms with van der Waals surface area (Å²) in [4.78, 5) is 26.0. The van der Waals surface area contributed by atoms with Crippen molar-refractivity contribution in [3.63, 3.8) is 0 Å². The van der Waals surface area contributed by atoms with Crippen LogP contribution >= 0.6 is 0 Å². The van der Waals surface area contributed by atoms with Crippen LogP contribution in [-0.2, 0) is 9.47 Å². The van der Waals surface area contributed by atoms with E-state index in [-0.39, 0.29) is 0 Å². The normalized spacial score (nSPS) is 12.7. The van der Waals surface area contributed by atoms with Crippen molar-refractivity contribution in [2.45, 2.75) is 169 Å². The van der Waals surface area contributed by atoms with Gasteiger partial charge in [0.1, 0.15) is 0 Å². The number of rotatable bonds is 28. The Morgan fingerprint density at radius 3 is 1.12 bits per heavy atom. The molecule has 2 unspecified atom stereocenters. The predicted octanol–water partition coefficient (Wildman–Crippen LogP) is 11.9. The van der Waals surface area contributed by atoms with Crippen molar-refractivity contribution < 1.29 is 19.1 Å². The van der Waals surface area contributed by atoms with E-state index in [1.807, 2.05) is 0 Å². The van der Waals surface area contributed by atoms with Crippen molar-refractivity contribution in [1.82, 2.24) is 0 Å². The summed E-state index contributed by atoms with van der Waals surface area (Å²) in [5.74, 6) is -0.113. The molecule has 0 N–H and O–H groups in total. The summed E-state index contributed by atoms with van der Waals surface area (Å²) < 4.78 is 11.4. The Labute approximate surface area is 260 Å². The monoisotopic (exact) mass is 586 g/mol. The molecule has 4 heteroatoms. The van der Waals surface area contributed by atoms with Gasteiger partial charge in [-0.1, -0.05) is 168 Å². The van der Waals surface area contributed by atoms with Crippen LogP contribution in [0.5, 0.6) is 0 Å². The van der Waals surface area contributed by atoms with E-state index < -0.39 is 11.9 Å². The molecule has 0 fully saturated rings. The molecule has 0 bridgehead atoms. The van der Waals surface area contributed by atoms with Gasteiger partial charge in [0, 0.05) is 0 Å². The number of unbranched alkanes of at least 4 members (excludes halogenated alkanes) is 16. The molecule has 0 aliphatic rings. The van der Waals surface area contributed by atoms with E-state index in [1.165, 1.54) is 116 Å². The molecule has 0 amide bonds. The Balaban J connectivity index is 2.37. The molecule has 1 rings (SSSR count). The number of carbonyl (C=O) groups excluding carboxylic acids is 2. The van der Waals surface area contributed by atoms with E-state index in [4.69, 9.17) is 9.47 Å². The topological polar surface area (TPSA) is 52.6 Å². The molecule has 0 aliphatic heterocycles. The van der Waals surface area contributed by atoms with Gasteiger partial charge in [0.2, 0.25) is 0 Å². The minimum atomic E-state index is -0.421. The first-order chi connectivity index (χ1) is 20.6. The fraction of sp³-hybridized carbons (Fsp3) is 0.789. The lowest BCUT2D eigenvalue weighted by Gasteiger charge is -2.17. The highest BCUT2D eigenvalue weighted by Gasteiger charge is 2.21. The van der Waals surface area contributed by atoms with E-state index in [2.05, 4.69) is 27.7 Å². The van der Waals surface area contributed by atoms with Crippen molar-refractivity contribution in [1.29, 1.82) is 0 Å². The van der Waals surface area contributed by atoms with Crippen LogP contribution in [0.2, 0.25) is 0 Å². The average molecular weight is 587 g/mol. The lowest BCUT2D eigenvalue weighted by molar-refractivity contribution is 0.0381. The first-order valence-electron chi connectivity index (χ1n) is 18.0. The zero-order valence-corrected chi connectivity index (χ0v) is 28.1. The van der Waals surface area contributed by atoms with Gasteiger partial charge in [0.15, 0.2) is 0 Å². The van der Waals surface area contributed by atoms with Crippen LogP contribution < -0.4 is 0 Å². The van der Waals surface area contributed by atoms with E-state index in [0.29, 0.717) is 36.2 Å². The summed E-state index contributed by atoms with van der Waals surface area (Å²) in [5, 5.41) is 0. The molecule has 1 aromatic rings. The van der Waals surface area contributed by atoms with Gasteiger partial charge in [-0.2, -0.15) is 0 Å². The van der Waals surface area contributed by atoms with Gasteiger partial charge in [0.25, 0.3) is 0 Å². The Bertz CT molecular complexity index is 724. The second-order valence-corrected chi connectivity index (χ2v) is 12.5. The molecule has 2 atom stereocenters. The molecule has 0 aliphatic carbocycles. The third kappa shape index (κ3) is 18.6. The van der Waals surface area contributed by atoms with Crippen molar-refractivity contribution >= 4 is 11.9 Å². The van der Waals surface area contributed by atoms with Crippen LogP contribution in [-0.4, -0.2) is 25.2 Å². The van der Waals surface area contributed by atoms with Crippen LogP contribution in [0.4, 0.5) is 0 Å². The highest BCUT2D eigenvalue weighted by atomic mass is 16.5. The van der Waals surface area contributed by atoms with Crippen molar-refractivity contribution in [3.8, 4) is 0 Å². The standard InChI is InChI=1S/C38H66O4/c1-5-9-11-13-15-17-19-21-23-27-33(7-3)31-41-37(39)35-29-25-26-30-36(35)38(40)42-32-34(8-4)28-24-22-20-18-16-14-12-10-6-2/h25-26,29-30,33-34H,5-24,27-28,31-32H2,1-4H3. The Kier molecular flexibility index (Phi) is 24.3.